The van der Waals surface area contributed by atoms with E-state index >= 15 is 0 Å². The number of hydrogen-bond acceptors (Lipinski definition) is 4. The maximum absolute atomic E-state index is 13.4. The quantitative estimate of drug-likeness (QED) is 0.585. The van der Waals surface area contributed by atoms with Crippen LogP contribution in [0, 0.1) is 5.92 Å². The van der Waals surface area contributed by atoms with Gasteiger partial charge in [0.1, 0.15) is 0 Å². The maximum atomic E-state index is 13.4. The summed E-state index contributed by atoms with van der Waals surface area (Å²) in [4.78, 5) is 26.2. The molecule has 3 heterocycles. The fourth-order valence-electron chi connectivity index (χ4n) is 4.34. The summed E-state index contributed by atoms with van der Waals surface area (Å²) in [7, 11) is 0. The first kappa shape index (κ1) is 21.2. The number of aromatic nitrogens is 2. The summed E-state index contributed by atoms with van der Waals surface area (Å²) in [5.41, 5.74) is 4.68. The van der Waals surface area contributed by atoms with Crippen LogP contribution in [0.5, 0.6) is 0 Å². The molecular weight excluding hydrogens is 384 g/mol. The molecule has 1 fully saturated rings. The maximum Gasteiger partial charge on any atom is 0.227 e. The van der Waals surface area contributed by atoms with Crippen molar-refractivity contribution in [2.45, 2.75) is 26.3 Å². The molecule has 0 saturated carbocycles. The Kier molecular flexibility index (Phi) is 7.05. The predicted octanol–water partition coefficient (Wildman–Crippen LogP) is 4.06. The topological polar surface area (TPSA) is 49.3 Å². The first-order valence-corrected chi connectivity index (χ1v) is 11.1. The second kappa shape index (κ2) is 10.3. The molecule has 1 amide bonds. The first-order valence-electron chi connectivity index (χ1n) is 11.1. The van der Waals surface area contributed by atoms with Gasteiger partial charge in [-0.3, -0.25) is 19.7 Å². The Morgan fingerprint density at radius 3 is 2.55 bits per heavy atom. The molecule has 0 N–H and O–H groups in total. The Hall–Kier alpha value is -3.05. The Bertz CT molecular complexity index is 977. The van der Waals surface area contributed by atoms with Crippen molar-refractivity contribution >= 4 is 5.91 Å². The van der Waals surface area contributed by atoms with Crippen molar-refractivity contribution in [1.29, 1.82) is 0 Å². The lowest BCUT2D eigenvalue weighted by molar-refractivity contribution is -0.134. The lowest BCUT2D eigenvalue weighted by Crippen LogP contribution is -2.37. The van der Waals surface area contributed by atoms with E-state index < -0.39 is 0 Å². The van der Waals surface area contributed by atoms with Gasteiger partial charge in [0.05, 0.1) is 5.92 Å². The lowest BCUT2D eigenvalue weighted by Gasteiger charge is -2.24. The van der Waals surface area contributed by atoms with E-state index in [1.807, 2.05) is 24.7 Å². The van der Waals surface area contributed by atoms with Gasteiger partial charge >= 0.3 is 0 Å². The van der Waals surface area contributed by atoms with E-state index in [1.165, 1.54) is 11.1 Å². The molecule has 3 aromatic rings. The molecule has 1 aliphatic heterocycles. The molecular formula is C26H30N4O. The molecule has 5 heteroatoms. The molecule has 5 nitrogen and oxygen atoms in total. The summed E-state index contributed by atoms with van der Waals surface area (Å²) < 4.78 is 0. The van der Waals surface area contributed by atoms with Crippen LogP contribution in [0.15, 0.2) is 73.3 Å². The van der Waals surface area contributed by atoms with Gasteiger partial charge in [-0.25, -0.2) is 0 Å². The van der Waals surface area contributed by atoms with E-state index in [1.54, 1.807) is 6.20 Å². The number of rotatable bonds is 7. The van der Waals surface area contributed by atoms with Crippen LogP contribution in [0.25, 0.3) is 11.1 Å². The van der Waals surface area contributed by atoms with E-state index in [9.17, 15) is 4.79 Å². The van der Waals surface area contributed by atoms with Crippen molar-refractivity contribution in [3.05, 3.63) is 84.4 Å². The number of carbonyl (C=O) groups is 1. The molecule has 1 atom stereocenters. The van der Waals surface area contributed by atoms with E-state index in [0.717, 1.165) is 56.7 Å². The van der Waals surface area contributed by atoms with Crippen molar-refractivity contribution < 1.29 is 4.79 Å². The SMILES string of the molecule is CCCN1CCN(Cc2ccncc2)C[C@@H](Cc2cccc(-c3cccnc3)c2)C1=O. The van der Waals surface area contributed by atoms with Crippen molar-refractivity contribution in [2.75, 3.05) is 26.2 Å². The molecule has 1 aliphatic rings. The predicted molar refractivity (Wildman–Crippen MR) is 123 cm³/mol. The van der Waals surface area contributed by atoms with Crippen LogP contribution in [0.1, 0.15) is 24.5 Å². The Balaban J connectivity index is 1.54. The highest BCUT2D eigenvalue weighted by atomic mass is 16.2. The zero-order valence-corrected chi connectivity index (χ0v) is 18.2. The Morgan fingerprint density at radius 2 is 1.77 bits per heavy atom. The molecule has 31 heavy (non-hydrogen) atoms. The fraction of sp³-hybridized carbons (Fsp3) is 0.346. The van der Waals surface area contributed by atoms with Gasteiger partial charge < -0.3 is 4.90 Å². The van der Waals surface area contributed by atoms with Gasteiger partial charge in [0.2, 0.25) is 5.91 Å². The number of hydrogen-bond donors (Lipinski definition) is 0. The molecule has 2 aromatic heterocycles. The average molecular weight is 415 g/mol. The summed E-state index contributed by atoms with van der Waals surface area (Å²) >= 11 is 0. The smallest absolute Gasteiger partial charge is 0.227 e. The van der Waals surface area contributed by atoms with Crippen molar-refractivity contribution in [3.63, 3.8) is 0 Å². The molecule has 4 rings (SSSR count). The number of amides is 1. The van der Waals surface area contributed by atoms with E-state index in [-0.39, 0.29) is 11.8 Å². The second-order valence-electron chi connectivity index (χ2n) is 8.26. The molecule has 0 radical (unpaired) electrons. The van der Waals surface area contributed by atoms with Gasteiger partial charge in [-0.2, -0.15) is 0 Å². The molecule has 0 spiro atoms. The third-order valence-electron chi connectivity index (χ3n) is 5.88. The highest BCUT2D eigenvalue weighted by molar-refractivity contribution is 5.80. The van der Waals surface area contributed by atoms with Crippen molar-refractivity contribution in [3.8, 4) is 11.1 Å². The van der Waals surface area contributed by atoms with Crippen LogP contribution in [-0.2, 0) is 17.8 Å². The third kappa shape index (κ3) is 5.56. The third-order valence-corrected chi connectivity index (χ3v) is 5.88. The van der Waals surface area contributed by atoms with Crippen molar-refractivity contribution in [1.82, 2.24) is 19.8 Å². The van der Waals surface area contributed by atoms with Crippen LogP contribution in [0.3, 0.4) is 0 Å². The Labute approximate surface area is 184 Å². The molecule has 0 aliphatic carbocycles. The summed E-state index contributed by atoms with van der Waals surface area (Å²) in [6.07, 6.45) is 9.08. The van der Waals surface area contributed by atoms with Gasteiger partial charge in [-0.1, -0.05) is 37.3 Å². The molecule has 1 saturated heterocycles. The number of carbonyl (C=O) groups excluding carboxylic acids is 1. The minimum absolute atomic E-state index is 0.0416. The van der Waals surface area contributed by atoms with Crippen LogP contribution in [0.2, 0.25) is 0 Å². The van der Waals surface area contributed by atoms with E-state index in [2.05, 4.69) is 69.2 Å². The molecule has 0 unspecified atom stereocenters. The van der Waals surface area contributed by atoms with E-state index in [0.29, 0.717) is 0 Å². The minimum Gasteiger partial charge on any atom is -0.341 e. The van der Waals surface area contributed by atoms with E-state index in [4.69, 9.17) is 0 Å². The summed E-state index contributed by atoms with van der Waals surface area (Å²) in [5, 5.41) is 0. The number of pyridine rings is 2. The van der Waals surface area contributed by atoms with Crippen LogP contribution in [-0.4, -0.2) is 51.9 Å². The second-order valence-corrected chi connectivity index (χ2v) is 8.26. The summed E-state index contributed by atoms with van der Waals surface area (Å²) in [6.45, 7) is 6.29. The summed E-state index contributed by atoms with van der Waals surface area (Å²) in [6, 6.07) is 16.7. The van der Waals surface area contributed by atoms with Crippen LogP contribution >= 0.6 is 0 Å². The number of nitrogens with zero attached hydrogens (tertiary/aromatic N) is 4. The zero-order chi connectivity index (χ0) is 21.5. The van der Waals surface area contributed by atoms with Gasteiger partial charge in [0.15, 0.2) is 0 Å². The molecule has 0 bridgehead atoms. The van der Waals surface area contributed by atoms with Gasteiger partial charge in [-0.05, 0) is 53.3 Å². The number of benzene rings is 1. The zero-order valence-electron chi connectivity index (χ0n) is 18.2. The largest absolute Gasteiger partial charge is 0.341 e. The first-order chi connectivity index (χ1) is 15.2. The molecule has 160 valence electrons. The van der Waals surface area contributed by atoms with Crippen LogP contribution < -0.4 is 0 Å². The normalized spacial score (nSPS) is 17.5. The highest BCUT2D eigenvalue weighted by Crippen LogP contribution is 2.23. The average Bonchev–Trinajstić information content (AvgIpc) is 2.95. The van der Waals surface area contributed by atoms with Crippen molar-refractivity contribution in [2.24, 2.45) is 5.92 Å². The lowest BCUT2D eigenvalue weighted by atomic mass is 9.95. The van der Waals surface area contributed by atoms with Gasteiger partial charge in [0, 0.05) is 57.5 Å². The fourth-order valence-corrected chi connectivity index (χ4v) is 4.34. The molecule has 1 aromatic carbocycles. The Morgan fingerprint density at radius 1 is 0.935 bits per heavy atom. The monoisotopic (exact) mass is 414 g/mol. The summed E-state index contributed by atoms with van der Waals surface area (Å²) in [5.74, 6) is 0.242. The standard InChI is InChI=1S/C26H30N4O/c1-2-13-30-15-14-29(19-21-8-11-27-12-9-21)20-25(26(30)31)17-22-5-3-6-23(16-22)24-7-4-10-28-18-24/h3-12,16,18,25H,2,13-15,17,19-20H2,1H3/t25-/m1/s1. The highest BCUT2D eigenvalue weighted by Gasteiger charge is 2.30. The minimum atomic E-state index is -0.0416. The van der Waals surface area contributed by atoms with Gasteiger partial charge in [-0.15, -0.1) is 0 Å². The van der Waals surface area contributed by atoms with Gasteiger partial charge in [0.25, 0.3) is 0 Å². The van der Waals surface area contributed by atoms with Crippen LogP contribution in [0.4, 0.5) is 0 Å².